The monoisotopic (exact) mass is 535 g/mol. The maximum atomic E-state index is 6.46. The maximum Gasteiger partial charge on any atom is 0.172 e. The Balaban J connectivity index is 1.22. The van der Waals surface area contributed by atoms with Crippen molar-refractivity contribution in [1.82, 2.24) is 19.5 Å². The Morgan fingerprint density at radius 2 is 1.82 bits per heavy atom. The fourth-order valence-corrected chi connectivity index (χ4v) is 4.97. The van der Waals surface area contributed by atoms with Crippen LogP contribution >= 0.6 is 27.5 Å². The van der Waals surface area contributed by atoms with Crippen LogP contribution in [0.25, 0.3) is 23.0 Å². The van der Waals surface area contributed by atoms with E-state index in [0.717, 1.165) is 53.4 Å². The lowest BCUT2D eigenvalue weighted by molar-refractivity contribution is 0.207. The van der Waals surface area contributed by atoms with E-state index in [1.54, 1.807) is 6.20 Å². The van der Waals surface area contributed by atoms with Gasteiger partial charge in [0.25, 0.3) is 0 Å². The number of piperidine rings is 1. The number of benzene rings is 2. The van der Waals surface area contributed by atoms with Crippen molar-refractivity contribution in [2.24, 2.45) is 5.92 Å². The Morgan fingerprint density at radius 3 is 2.62 bits per heavy atom. The molecule has 0 aliphatic carbocycles. The summed E-state index contributed by atoms with van der Waals surface area (Å²) in [5.74, 6) is 1.55. The van der Waals surface area contributed by atoms with Gasteiger partial charge in [-0.05, 0) is 59.4 Å². The van der Waals surface area contributed by atoms with Crippen LogP contribution in [0.2, 0.25) is 5.02 Å². The first kappa shape index (κ1) is 23.1. The van der Waals surface area contributed by atoms with Gasteiger partial charge in [0.05, 0.1) is 16.4 Å². The first-order valence-electron chi connectivity index (χ1n) is 11.6. The number of nitrogens with zero attached hydrogens (tertiary/aromatic N) is 4. The number of halogens is 2. The molecule has 7 heteroatoms. The SMILES string of the molecule is Clc1ccccc1-c1cc(NCC2CCN(C/C=C/c3ccccc3)CC2)n2ncc(Br)c2n1. The van der Waals surface area contributed by atoms with Crippen molar-refractivity contribution in [2.45, 2.75) is 12.8 Å². The molecule has 1 aliphatic rings. The molecule has 174 valence electrons. The van der Waals surface area contributed by atoms with Crippen LogP contribution in [-0.4, -0.2) is 45.7 Å². The Kier molecular flexibility index (Phi) is 7.28. The van der Waals surface area contributed by atoms with Crippen LogP contribution in [-0.2, 0) is 0 Å². The summed E-state index contributed by atoms with van der Waals surface area (Å²) in [7, 11) is 0. The average Bonchev–Trinajstić information content (AvgIpc) is 3.25. The van der Waals surface area contributed by atoms with Gasteiger partial charge in [-0.25, -0.2) is 4.98 Å². The number of likely N-dealkylation sites (tertiary alicyclic amines) is 1. The molecule has 34 heavy (non-hydrogen) atoms. The standard InChI is InChI=1S/C27H27BrClN5/c28-23-19-31-34-26(17-25(32-27(23)34)22-10-4-5-11-24(22)29)30-18-21-12-15-33(16-13-21)14-6-9-20-7-2-1-3-8-20/h1-11,17,19,21,30H,12-16,18H2/b9-6+. The molecule has 0 spiro atoms. The summed E-state index contributed by atoms with van der Waals surface area (Å²) < 4.78 is 2.72. The molecule has 5 rings (SSSR count). The molecular formula is C27H27BrClN5. The van der Waals surface area contributed by atoms with Crippen LogP contribution < -0.4 is 5.32 Å². The number of rotatable bonds is 7. The van der Waals surface area contributed by atoms with E-state index in [0.29, 0.717) is 10.9 Å². The Labute approximate surface area is 213 Å². The van der Waals surface area contributed by atoms with E-state index in [2.05, 4.69) is 73.7 Å². The molecule has 3 heterocycles. The lowest BCUT2D eigenvalue weighted by atomic mass is 9.97. The van der Waals surface area contributed by atoms with Crippen molar-refractivity contribution in [3.63, 3.8) is 0 Å². The summed E-state index contributed by atoms with van der Waals surface area (Å²) in [5.41, 5.74) is 3.79. The van der Waals surface area contributed by atoms with Crippen LogP contribution in [0.15, 0.2) is 77.4 Å². The fraction of sp³-hybridized carbons (Fsp3) is 0.259. The van der Waals surface area contributed by atoms with Crippen LogP contribution in [0.3, 0.4) is 0 Å². The highest BCUT2D eigenvalue weighted by Gasteiger charge is 2.19. The molecule has 0 unspecified atom stereocenters. The van der Waals surface area contributed by atoms with Crippen LogP contribution in [0.4, 0.5) is 5.82 Å². The van der Waals surface area contributed by atoms with Crippen LogP contribution in [0, 0.1) is 5.92 Å². The van der Waals surface area contributed by atoms with E-state index in [1.807, 2.05) is 34.8 Å². The Morgan fingerprint density at radius 1 is 1.06 bits per heavy atom. The zero-order valence-electron chi connectivity index (χ0n) is 18.9. The lowest BCUT2D eigenvalue weighted by Crippen LogP contribution is -2.36. The van der Waals surface area contributed by atoms with Gasteiger partial charge in [-0.15, -0.1) is 0 Å². The van der Waals surface area contributed by atoms with E-state index in [4.69, 9.17) is 16.6 Å². The van der Waals surface area contributed by atoms with Gasteiger partial charge in [0.15, 0.2) is 5.65 Å². The highest BCUT2D eigenvalue weighted by atomic mass is 79.9. The summed E-state index contributed by atoms with van der Waals surface area (Å²) in [6, 6.07) is 20.3. The second kappa shape index (κ2) is 10.7. The topological polar surface area (TPSA) is 45.5 Å². The van der Waals surface area contributed by atoms with Gasteiger partial charge >= 0.3 is 0 Å². The van der Waals surface area contributed by atoms with Gasteiger partial charge < -0.3 is 5.32 Å². The number of fused-ring (bicyclic) bond motifs is 1. The first-order chi connectivity index (χ1) is 16.7. The number of anilines is 1. The zero-order chi connectivity index (χ0) is 23.3. The number of hydrogen-bond acceptors (Lipinski definition) is 4. The molecule has 0 bridgehead atoms. The molecule has 0 amide bonds. The quantitative estimate of drug-likeness (QED) is 0.287. The summed E-state index contributed by atoms with van der Waals surface area (Å²) in [6.45, 7) is 4.15. The molecule has 1 N–H and O–H groups in total. The van der Waals surface area contributed by atoms with Crippen LogP contribution in [0.1, 0.15) is 18.4 Å². The summed E-state index contributed by atoms with van der Waals surface area (Å²) in [4.78, 5) is 7.33. The molecule has 1 fully saturated rings. The second-order valence-corrected chi connectivity index (χ2v) is 9.93. The highest BCUT2D eigenvalue weighted by Crippen LogP contribution is 2.30. The van der Waals surface area contributed by atoms with Gasteiger partial charge in [-0.2, -0.15) is 9.61 Å². The molecule has 1 aliphatic heterocycles. The highest BCUT2D eigenvalue weighted by molar-refractivity contribution is 9.10. The van der Waals surface area contributed by atoms with Crippen molar-refractivity contribution in [3.8, 4) is 11.3 Å². The van der Waals surface area contributed by atoms with Gasteiger partial charge in [0.1, 0.15) is 5.82 Å². The third-order valence-corrected chi connectivity index (χ3v) is 7.22. The molecule has 0 atom stereocenters. The largest absolute Gasteiger partial charge is 0.370 e. The predicted octanol–water partition coefficient (Wildman–Crippen LogP) is 6.65. The van der Waals surface area contributed by atoms with E-state index in [9.17, 15) is 0 Å². The summed E-state index contributed by atoms with van der Waals surface area (Å²) >= 11 is 10.0. The Bertz CT molecular complexity index is 1280. The third-order valence-electron chi connectivity index (χ3n) is 6.33. The van der Waals surface area contributed by atoms with Gasteiger partial charge in [-0.3, -0.25) is 4.90 Å². The molecule has 0 radical (unpaired) electrons. The second-order valence-electron chi connectivity index (χ2n) is 8.67. The first-order valence-corrected chi connectivity index (χ1v) is 12.8. The van der Waals surface area contributed by atoms with Crippen molar-refractivity contribution >= 4 is 45.1 Å². The van der Waals surface area contributed by atoms with Crippen molar-refractivity contribution in [2.75, 3.05) is 31.5 Å². The molecule has 0 saturated carbocycles. The summed E-state index contributed by atoms with van der Waals surface area (Å²) in [6.07, 6.45) is 8.63. The molecule has 2 aromatic heterocycles. The van der Waals surface area contributed by atoms with Gasteiger partial charge in [0.2, 0.25) is 0 Å². The van der Waals surface area contributed by atoms with E-state index in [1.165, 1.54) is 18.4 Å². The van der Waals surface area contributed by atoms with Crippen molar-refractivity contribution in [1.29, 1.82) is 0 Å². The minimum absolute atomic E-state index is 0.625. The molecule has 4 aromatic rings. The fourth-order valence-electron chi connectivity index (χ4n) is 4.39. The minimum Gasteiger partial charge on any atom is -0.370 e. The van der Waals surface area contributed by atoms with Crippen molar-refractivity contribution in [3.05, 3.63) is 88.0 Å². The molecular weight excluding hydrogens is 510 g/mol. The normalized spacial score (nSPS) is 15.4. The number of nitrogens with one attached hydrogen (secondary N) is 1. The summed E-state index contributed by atoms with van der Waals surface area (Å²) in [5, 5.41) is 8.84. The molecule has 2 aromatic carbocycles. The van der Waals surface area contributed by atoms with Crippen molar-refractivity contribution < 1.29 is 0 Å². The van der Waals surface area contributed by atoms with E-state index < -0.39 is 0 Å². The van der Waals surface area contributed by atoms with Gasteiger partial charge in [-0.1, -0.05) is 72.3 Å². The minimum atomic E-state index is 0.625. The number of aromatic nitrogens is 3. The Hall–Kier alpha value is -2.67. The zero-order valence-corrected chi connectivity index (χ0v) is 21.2. The average molecular weight is 537 g/mol. The van der Waals surface area contributed by atoms with Crippen LogP contribution in [0.5, 0.6) is 0 Å². The smallest absolute Gasteiger partial charge is 0.172 e. The lowest BCUT2D eigenvalue weighted by Gasteiger charge is -2.31. The van der Waals surface area contributed by atoms with Gasteiger partial charge in [0, 0.05) is 29.7 Å². The predicted molar refractivity (Wildman–Crippen MR) is 144 cm³/mol. The van der Waals surface area contributed by atoms with E-state index >= 15 is 0 Å². The maximum absolute atomic E-state index is 6.46. The third kappa shape index (κ3) is 5.35. The molecule has 5 nitrogen and oxygen atoms in total. The number of hydrogen-bond donors (Lipinski definition) is 1. The van der Waals surface area contributed by atoms with E-state index in [-0.39, 0.29) is 0 Å². The molecule has 1 saturated heterocycles.